The van der Waals surface area contributed by atoms with Crippen molar-refractivity contribution in [1.82, 2.24) is 20.0 Å². The van der Waals surface area contributed by atoms with Gasteiger partial charge in [-0.15, -0.1) is 0 Å². The molecule has 2 saturated heterocycles. The molecule has 1 saturated carbocycles. The predicted octanol–water partition coefficient (Wildman–Crippen LogP) is 1.50. The summed E-state index contributed by atoms with van der Waals surface area (Å²) in [5.41, 5.74) is 8.61. The molecule has 3 N–H and O–H groups in total. The topological polar surface area (TPSA) is 91.1 Å². The van der Waals surface area contributed by atoms with E-state index in [1.54, 1.807) is 11.8 Å². The summed E-state index contributed by atoms with van der Waals surface area (Å²) in [5.74, 6) is -0.0328. The minimum atomic E-state index is -0.407. The average Bonchev–Trinajstić information content (AvgIpc) is 3.31. The maximum Gasteiger partial charge on any atom is 0.243 e. The number of morpholine rings is 1. The van der Waals surface area contributed by atoms with Crippen LogP contribution in [0.3, 0.4) is 0 Å². The van der Waals surface area contributed by atoms with Crippen LogP contribution in [0.5, 0.6) is 0 Å². The van der Waals surface area contributed by atoms with E-state index in [-0.39, 0.29) is 29.9 Å². The number of rotatable bonds is 8. The Morgan fingerprint density at radius 2 is 1.86 bits per heavy atom. The number of carbonyl (C=O) groups excluding carboxylic acids is 2. The first-order valence-corrected chi connectivity index (χ1v) is 13.3. The van der Waals surface area contributed by atoms with Gasteiger partial charge in [-0.25, -0.2) is 0 Å². The SMILES string of the molecule is CC(=O)N1CC(N(CCN2CCOCC2)Cc2ccccc2C)CC1C(=O)NC1CCC(N)CC1. The van der Waals surface area contributed by atoms with Crippen LogP contribution in [0.25, 0.3) is 0 Å². The fourth-order valence-corrected chi connectivity index (χ4v) is 5.73. The molecule has 1 aromatic rings. The Morgan fingerprint density at radius 3 is 2.54 bits per heavy atom. The highest BCUT2D eigenvalue weighted by Gasteiger charge is 2.41. The molecule has 0 radical (unpaired) electrons. The fourth-order valence-electron chi connectivity index (χ4n) is 5.73. The monoisotopic (exact) mass is 485 g/mol. The lowest BCUT2D eigenvalue weighted by molar-refractivity contribution is -0.137. The van der Waals surface area contributed by atoms with Crippen molar-refractivity contribution in [3.05, 3.63) is 35.4 Å². The normalized spacial score (nSPS) is 27.8. The van der Waals surface area contributed by atoms with E-state index < -0.39 is 6.04 Å². The van der Waals surface area contributed by atoms with E-state index in [4.69, 9.17) is 10.5 Å². The zero-order valence-corrected chi connectivity index (χ0v) is 21.5. The van der Waals surface area contributed by atoms with Crippen molar-refractivity contribution >= 4 is 11.8 Å². The van der Waals surface area contributed by atoms with Crippen LogP contribution in [0, 0.1) is 6.92 Å². The maximum atomic E-state index is 13.3. The molecule has 3 fully saturated rings. The molecule has 3 aliphatic rings. The third-order valence-corrected chi connectivity index (χ3v) is 8.06. The molecule has 2 aliphatic heterocycles. The van der Waals surface area contributed by atoms with Gasteiger partial charge in [0.1, 0.15) is 6.04 Å². The average molecular weight is 486 g/mol. The van der Waals surface area contributed by atoms with Crippen LogP contribution in [0.15, 0.2) is 24.3 Å². The molecule has 2 heterocycles. The number of nitrogens with two attached hydrogens (primary N) is 1. The Hall–Kier alpha value is -2.00. The molecule has 8 nitrogen and oxygen atoms in total. The Bertz CT molecular complexity index is 851. The molecule has 35 heavy (non-hydrogen) atoms. The van der Waals surface area contributed by atoms with Gasteiger partial charge in [-0.1, -0.05) is 24.3 Å². The van der Waals surface area contributed by atoms with Gasteiger partial charge in [0, 0.05) is 64.3 Å². The van der Waals surface area contributed by atoms with Gasteiger partial charge in [0.2, 0.25) is 11.8 Å². The Balaban J connectivity index is 1.45. The first kappa shape index (κ1) is 26.1. The van der Waals surface area contributed by atoms with Crippen LogP contribution in [-0.2, 0) is 20.9 Å². The van der Waals surface area contributed by atoms with Crippen molar-refractivity contribution in [3.8, 4) is 0 Å². The maximum absolute atomic E-state index is 13.3. The molecule has 4 rings (SSSR count). The standard InChI is InChI=1S/C27H43N5O3/c1-20-5-3-4-6-22(20)18-31(12-11-30-13-15-35-16-14-30)25-17-26(32(19-25)21(2)33)27(34)29-24-9-7-23(28)8-10-24/h3-6,23-26H,7-19,28H2,1-2H3,(H,29,34). The third kappa shape index (κ3) is 7.03. The van der Waals surface area contributed by atoms with E-state index in [1.807, 2.05) is 0 Å². The van der Waals surface area contributed by atoms with Crippen molar-refractivity contribution in [3.63, 3.8) is 0 Å². The second kappa shape index (κ2) is 12.3. The van der Waals surface area contributed by atoms with E-state index in [1.165, 1.54) is 11.1 Å². The number of amides is 2. The summed E-state index contributed by atoms with van der Waals surface area (Å²) in [6, 6.07) is 8.65. The largest absolute Gasteiger partial charge is 0.379 e. The number of nitrogens with zero attached hydrogens (tertiary/aromatic N) is 3. The number of likely N-dealkylation sites (tertiary alicyclic amines) is 1. The number of ether oxygens (including phenoxy) is 1. The second-order valence-corrected chi connectivity index (χ2v) is 10.5. The van der Waals surface area contributed by atoms with Crippen LogP contribution in [0.1, 0.15) is 50.2 Å². The lowest BCUT2D eigenvalue weighted by atomic mass is 9.91. The van der Waals surface area contributed by atoms with Gasteiger partial charge >= 0.3 is 0 Å². The molecule has 8 heteroatoms. The number of aryl methyl sites for hydroxylation is 1. The van der Waals surface area contributed by atoms with Crippen LogP contribution in [0.2, 0.25) is 0 Å². The van der Waals surface area contributed by atoms with Crippen LogP contribution < -0.4 is 11.1 Å². The Kier molecular flexibility index (Phi) is 9.16. The number of carbonyl (C=O) groups is 2. The zero-order chi connectivity index (χ0) is 24.8. The molecule has 0 aromatic heterocycles. The quantitative estimate of drug-likeness (QED) is 0.580. The van der Waals surface area contributed by atoms with E-state index in [0.29, 0.717) is 13.0 Å². The Labute approximate surface area is 210 Å². The van der Waals surface area contributed by atoms with Gasteiger partial charge in [-0.05, 0) is 50.2 Å². The lowest BCUT2D eigenvalue weighted by Crippen LogP contribution is -2.49. The fraction of sp³-hybridized carbons (Fsp3) is 0.704. The lowest BCUT2D eigenvalue weighted by Gasteiger charge is -2.33. The van der Waals surface area contributed by atoms with Crippen LogP contribution in [0.4, 0.5) is 0 Å². The van der Waals surface area contributed by atoms with Crippen molar-refractivity contribution in [1.29, 1.82) is 0 Å². The first-order valence-electron chi connectivity index (χ1n) is 13.3. The minimum Gasteiger partial charge on any atom is -0.379 e. The zero-order valence-electron chi connectivity index (χ0n) is 21.5. The summed E-state index contributed by atoms with van der Waals surface area (Å²) in [4.78, 5) is 32.6. The highest BCUT2D eigenvalue weighted by molar-refractivity contribution is 5.87. The minimum absolute atomic E-state index is 0.00723. The number of benzene rings is 1. The van der Waals surface area contributed by atoms with Gasteiger partial charge in [0.15, 0.2) is 0 Å². The molecular formula is C27H43N5O3. The number of nitrogens with one attached hydrogen (secondary N) is 1. The molecule has 2 atom stereocenters. The van der Waals surface area contributed by atoms with E-state index in [0.717, 1.165) is 71.6 Å². The first-order chi connectivity index (χ1) is 16.9. The van der Waals surface area contributed by atoms with Gasteiger partial charge < -0.3 is 20.7 Å². The summed E-state index contributed by atoms with van der Waals surface area (Å²) in [6.07, 6.45) is 4.40. The van der Waals surface area contributed by atoms with Crippen molar-refractivity contribution in [2.24, 2.45) is 5.73 Å². The van der Waals surface area contributed by atoms with Crippen molar-refractivity contribution in [2.75, 3.05) is 45.9 Å². The summed E-state index contributed by atoms with van der Waals surface area (Å²) in [6.45, 7) is 10.5. The molecule has 0 spiro atoms. The van der Waals surface area contributed by atoms with Crippen molar-refractivity contribution in [2.45, 2.75) is 76.7 Å². The Morgan fingerprint density at radius 1 is 1.14 bits per heavy atom. The molecule has 1 aliphatic carbocycles. The summed E-state index contributed by atoms with van der Waals surface area (Å²) >= 11 is 0. The summed E-state index contributed by atoms with van der Waals surface area (Å²) < 4.78 is 5.52. The van der Waals surface area contributed by atoms with Gasteiger partial charge in [-0.2, -0.15) is 0 Å². The van der Waals surface area contributed by atoms with Crippen molar-refractivity contribution < 1.29 is 14.3 Å². The highest BCUT2D eigenvalue weighted by atomic mass is 16.5. The van der Waals surface area contributed by atoms with E-state index in [2.05, 4.69) is 46.3 Å². The molecule has 0 bridgehead atoms. The molecule has 2 unspecified atom stereocenters. The summed E-state index contributed by atoms with van der Waals surface area (Å²) in [7, 11) is 0. The number of hydrogen-bond acceptors (Lipinski definition) is 6. The number of hydrogen-bond donors (Lipinski definition) is 2. The molecular weight excluding hydrogens is 442 g/mol. The van der Waals surface area contributed by atoms with Crippen LogP contribution >= 0.6 is 0 Å². The highest BCUT2D eigenvalue weighted by Crippen LogP contribution is 2.26. The third-order valence-electron chi connectivity index (χ3n) is 8.06. The van der Waals surface area contributed by atoms with E-state index >= 15 is 0 Å². The van der Waals surface area contributed by atoms with Crippen LogP contribution in [-0.4, -0.2) is 96.6 Å². The predicted molar refractivity (Wildman–Crippen MR) is 137 cm³/mol. The molecule has 2 amide bonds. The van der Waals surface area contributed by atoms with E-state index in [9.17, 15) is 9.59 Å². The molecule has 194 valence electrons. The molecule has 1 aromatic carbocycles. The van der Waals surface area contributed by atoms with Gasteiger partial charge in [0.05, 0.1) is 13.2 Å². The summed E-state index contributed by atoms with van der Waals surface area (Å²) in [5, 5.41) is 3.24. The second-order valence-electron chi connectivity index (χ2n) is 10.5. The van der Waals surface area contributed by atoms with Gasteiger partial charge in [-0.3, -0.25) is 19.4 Å². The van der Waals surface area contributed by atoms with Gasteiger partial charge in [0.25, 0.3) is 0 Å². The smallest absolute Gasteiger partial charge is 0.243 e.